The molecular weight excluding hydrogens is 328 g/mol. The molecule has 1 amide bonds. The molecule has 1 unspecified atom stereocenters. The summed E-state index contributed by atoms with van der Waals surface area (Å²) in [5.41, 5.74) is 5.51. The minimum atomic E-state index is -0.124. The highest BCUT2D eigenvalue weighted by Crippen LogP contribution is 2.13. The van der Waals surface area contributed by atoms with Crippen LogP contribution in [0.5, 0.6) is 0 Å². The van der Waals surface area contributed by atoms with Gasteiger partial charge in [0.1, 0.15) is 0 Å². The number of carbonyl (C=O) groups excluding carboxylic acids is 1. The summed E-state index contributed by atoms with van der Waals surface area (Å²) in [5.74, 6) is 0.632. The molecular formula is C20H28N4O2. The molecule has 0 saturated carbocycles. The van der Waals surface area contributed by atoms with Crippen molar-refractivity contribution in [1.29, 1.82) is 5.26 Å². The van der Waals surface area contributed by atoms with E-state index in [1.54, 1.807) is 6.07 Å². The first-order valence-corrected chi connectivity index (χ1v) is 9.05. The van der Waals surface area contributed by atoms with Gasteiger partial charge < -0.3 is 10.2 Å². The average Bonchev–Trinajstić information content (AvgIpc) is 2.66. The van der Waals surface area contributed by atoms with E-state index in [1.807, 2.05) is 36.2 Å². The molecule has 0 spiro atoms. The van der Waals surface area contributed by atoms with Crippen molar-refractivity contribution in [2.45, 2.75) is 39.3 Å². The normalized spacial score (nSPS) is 15.3. The maximum Gasteiger partial charge on any atom is 0.239 e. The summed E-state index contributed by atoms with van der Waals surface area (Å²) in [7, 11) is 1.84. The van der Waals surface area contributed by atoms with Gasteiger partial charge in [-0.25, -0.2) is 0 Å². The minimum absolute atomic E-state index is 0.124. The van der Waals surface area contributed by atoms with E-state index in [-0.39, 0.29) is 11.9 Å². The molecule has 0 saturated heterocycles. The third kappa shape index (κ3) is 5.87. The van der Waals surface area contributed by atoms with Gasteiger partial charge in [0.2, 0.25) is 5.91 Å². The fourth-order valence-corrected chi connectivity index (χ4v) is 2.94. The fourth-order valence-electron chi connectivity index (χ4n) is 2.94. The molecule has 1 aliphatic heterocycles. The molecule has 1 heterocycles. The Morgan fingerprint density at radius 3 is 2.85 bits per heavy atom. The van der Waals surface area contributed by atoms with Crippen LogP contribution in [-0.2, 0) is 16.2 Å². The van der Waals surface area contributed by atoms with Crippen LogP contribution in [0.1, 0.15) is 37.8 Å². The van der Waals surface area contributed by atoms with Crippen molar-refractivity contribution in [3.05, 3.63) is 47.2 Å². The summed E-state index contributed by atoms with van der Waals surface area (Å²) in [4.78, 5) is 20.0. The maximum absolute atomic E-state index is 12.6. The first kappa shape index (κ1) is 20.0. The Labute approximate surface area is 155 Å². The van der Waals surface area contributed by atoms with Crippen LogP contribution >= 0.6 is 0 Å². The molecule has 2 rings (SSSR count). The van der Waals surface area contributed by atoms with Crippen LogP contribution in [0.3, 0.4) is 0 Å². The van der Waals surface area contributed by atoms with Gasteiger partial charge in [-0.1, -0.05) is 26.0 Å². The van der Waals surface area contributed by atoms with Gasteiger partial charge >= 0.3 is 0 Å². The first-order chi connectivity index (χ1) is 12.5. The second kappa shape index (κ2) is 9.95. The second-order valence-electron chi connectivity index (χ2n) is 6.94. The summed E-state index contributed by atoms with van der Waals surface area (Å²) >= 11 is 0. The Morgan fingerprint density at radius 1 is 1.42 bits per heavy atom. The Kier molecular flexibility index (Phi) is 7.64. The van der Waals surface area contributed by atoms with Crippen LogP contribution in [0.4, 0.5) is 0 Å². The number of amides is 1. The molecule has 0 radical (unpaired) electrons. The predicted octanol–water partition coefficient (Wildman–Crippen LogP) is 2.33. The molecule has 1 aliphatic rings. The number of rotatable bonds is 8. The van der Waals surface area contributed by atoms with Crippen molar-refractivity contribution < 1.29 is 9.63 Å². The van der Waals surface area contributed by atoms with E-state index in [4.69, 9.17) is 10.1 Å². The summed E-state index contributed by atoms with van der Waals surface area (Å²) in [5, 5.41) is 12.0. The Balaban J connectivity index is 1.80. The van der Waals surface area contributed by atoms with Gasteiger partial charge in [-0.05, 0) is 43.2 Å². The number of nitrogens with one attached hydrogen (secondary N) is 2. The minimum Gasteiger partial charge on any atom is -0.337 e. The third-order valence-electron chi connectivity index (χ3n) is 4.37. The van der Waals surface area contributed by atoms with Crippen LogP contribution < -0.4 is 10.8 Å². The largest absolute Gasteiger partial charge is 0.337 e. The van der Waals surface area contributed by atoms with E-state index >= 15 is 0 Å². The van der Waals surface area contributed by atoms with E-state index < -0.39 is 0 Å². The summed E-state index contributed by atoms with van der Waals surface area (Å²) in [6, 6.07) is 9.34. The molecule has 0 fully saturated rings. The van der Waals surface area contributed by atoms with Crippen LogP contribution in [-0.4, -0.2) is 37.0 Å². The van der Waals surface area contributed by atoms with E-state index in [0.29, 0.717) is 31.2 Å². The number of hydroxylamine groups is 1. The zero-order valence-electron chi connectivity index (χ0n) is 15.8. The Morgan fingerprint density at radius 2 is 2.23 bits per heavy atom. The van der Waals surface area contributed by atoms with Gasteiger partial charge in [-0.15, -0.1) is 0 Å². The van der Waals surface area contributed by atoms with Crippen LogP contribution in [0.2, 0.25) is 0 Å². The van der Waals surface area contributed by atoms with Gasteiger partial charge in [0.15, 0.2) is 0 Å². The van der Waals surface area contributed by atoms with E-state index in [1.165, 1.54) is 0 Å². The lowest BCUT2D eigenvalue weighted by Crippen LogP contribution is -2.47. The zero-order valence-corrected chi connectivity index (χ0v) is 15.8. The molecule has 1 aromatic rings. The average molecular weight is 356 g/mol. The highest BCUT2D eigenvalue weighted by molar-refractivity contribution is 5.82. The number of carbonyl (C=O) groups is 1. The SMILES string of the molecule is CNC(CC(C)C)C(=O)N1CC=C(NOCc2cccc(C#N)c2)CC1. The van der Waals surface area contributed by atoms with Crippen molar-refractivity contribution in [3.8, 4) is 6.07 Å². The van der Waals surface area contributed by atoms with E-state index in [9.17, 15) is 4.79 Å². The molecule has 0 aliphatic carbocycles. The maximum atomic E-state index is 12.6. The topological polar surface area (TPSA) is 77.4 Å². The van der Waals surface area contributed by atoms with E-state index in [0.717, 1.165) is 24.1 Å². The van der Waals surface area contributed by atoms with Gasteiger partial charge in [0.25, 0.3) is 0 Å². The van der Waals surface area contributed by atoms with Crippen molar-refractivity contribution in [2.24, 2.45) is 5.92 Å². The standard InChI is InChI=1S/C20H28N4O2/c1-15(2)11-19(22-3)20(25)24-9-7-18(8-10-24)23-26-14-17-6-4-5-16(12-17)13-21/h4-7,12,15,19,22-23H,8-11,14H2,1-3H3. The van der Waals surface area contributed by atoms with Crippen molar-refractivity contribution >= 4 is 5.91 Å². The Bertz CT molecular complexity index is 679. The molecule has 140 valence electrons. The van der Waals surface area contributed by atoms with Gasteiger partial charge in [0, 0.05) is 25.2 Å². The lowest BCUT2D eigenvalue weighted by Gasteiger charge is -2.30. The smallest absolute Gasteiger partial charge is 0.239 e. The second-order valence-corrected chi connectivity index (χ2v) is 6.94. The number of nitriles is 1. The highest BCUT2D eigenvalue weighted by atomic mass is 16.6. The molecule has 6 nitrogen and oxygen atoms in total. The van der Waals surface area contributed by atoms with Crippen molar-refractivity contribution in [3.63, 3.8) is 0 Å². The first-order valence-electron chi connectivity index (χ1n) is 9.05. The Hall–Kier alpha value is -2.36. The lowest BCUT2D eigenvalue weighted by atomic mass is 10.0. The molecule has 6 heteroatoms. The van der Waals surface area contributed by atoms with Crippen molar-refractivity contribution in [1.82, 2.24) is 15.7 Å². The molecule has 1 aromatic carbocycles. The number of benzene rings is 1. The van der Waals surface area contributed by atoms with E-state index in [2.05, 4.69) is 30.7 Å². The molecule has 0 aromatic heterocycles. The number of hydrogen-bond acceptors (Lipinski definition) is 5. The molecule has 2 N–H and O–H groups in total. The van der Waals surface area contributed by atoms with Gasteiger partial charge in [-0.2, -0.15) is 5.26 Å². The summed E-state index contributed by atoms with van der Waals surface area (Å²) < 4.78 is 0. The van der Waals surface area contributed by atoms with Gasteiger partial charge in [-0.3, -0.25) is 15.1 Å². The number of likely N-dealkylation sites (N-methyl/N-ethyl adjacent to an activating group) is 1. The van der Waals surface area contributed by atoms with Gasteiger partial charge in [0.05, 0.1) is 24.3 Å². The molecule has 26 heavy (non-hydrogen) atoms. The molecule has 1 atom stereocenters. The zero-order chi connectivity index (χ0) is 18.9. The van der Waals surface area contributed by atoms with Crippen LogP contribution in [0.15, 0.2) is 36.0 Å². The van der Waals surface area contributed by atoms with Crippen LogP contribution in [0.25, 0.3) is 0 Å². The lowest BCUT2D eigenvalue weighted by molar-refractivity contribution is -0.133. The molecule has 0 bridgehead atoms. The number of hydrogen-bond donors (Lipinski definition) is 2. The predicted molar refractivity (Wildman–Crippen MR) is 101 cm³/mol. The highest BCUT2D eigenvalue weighted by Gasteiger charge is 2.25. The number of nitrogens with zero attached hydrogens (tertiary/aromatic N) is 2. The third-order valence-corrected chi connectivity index (χ3v) is 4.37. The fraction of sp³-hybridized carbons (Fsp3) is 0.500. The quantitative estimate of drug-likeness (QED) is 0.699. The summed E-state index contributed by atoms with van der Waals surface area (Å²) in [6.07, 6.45) is 3.57. The monoisotopic (exact) mass is 356 g/mol. The summed E-state index contributed by atoms with van der Waals surface area (Å²) in [6.45, 7) is 5.90. The van der Waals surface area contributed by atoms with Crippen molar-refractivity contribution in [2.75, 3.05) is 20.1 Å². The van der Waals surface area contributed by atoms with Crippen LogP contribution in [0, 0.1) is 17.2 Å².